The summed E-state index contributed by atoms with van der Waals surface area (Å²) in [7, 11) is 1.27. The van der Waals surface area contributed by atoms with Crippen molar-refractivity contribution in [2.24, 2.45) is 0 Å². The maximum Gasteiger partial charge on any atom is 0.410 e. The smallest absolute Gasteiger partial charge is 0.410 e. The number of rotatable bonds is 6. The zero-order valence-corrected chi connectivity index (χ0v) is 28.7. The highest BCUT2D eigenvalue weighted by Gasteiger charge is 2.39. The summed E-state index contributed by atoms with van der Waals surface area (Å²) in [6.45, 7) is 6.05. The van der Waals surface area contributed by atoms with Gasteiger partial charge in [-0.15, -0.1) is 0 Å². The molecule has 0 aromatic heterocycles. The molecule has 0 spiro atoms. The van der Waals surface area contributed by atoms with Crippen molar-refractivity contribution >= 4 is 86.3 Å². The molecule has 2 aromatic carbocycles. The fraction of sp³-hybridized carbons (Fsp3) is 0.433. The van der Waals surface area contributed by atoms with E-state index in [-0.39, 0.29) is 11.1 Å². The molecule has 2 N–H and O–H groups in total. The predicted octanol–water partition coefficient (Wildman–Crippen LogP) is 5.26. The highest BCUT2D eigenvalue weighted by molar-refractivity contribution is 14.1. The number of amides is 4. The molecule has 2 aliphatic rings. The van der Waals surface area contributed by atoms with Crippen LogP contribution in [0.4, 0.5) is 16.2 Å². The minimum atomic E-state index is -0.781. The summed E-state index contributed by atoms with van der Waals surface area (Å²) in [6, 6.07) is 8.58. The molecular weight excluding hydrogens is 782 g/mol. The van der Waals surface area contributed by atoms with Crippen molar-refractivity contribution in [3.05, 3.63) is 54.7 Å². The third-order valence-corrected chi connectivity index (χ3v) is 8.46. The normalized spacial score (nSPS) is 18.3. The van der Waals surface area contributed by atoms with Gasteiger partial charge in [0.15, 0.2) is 0 Å². The summed E-state index contributed by atoms with van der Waals surface area (Å²) in [6.07, 6.45) is 1.61. The van der Waals surface area contributed by atoms with Crippen molar-refractivity contribution in [3.63, 3.8) is 0 Å². The Morgan fingerprint density at radius 3 is 1.81 bits per heavy atom. The molecule has 2 fully saturated rings. The largest absolute Gasteiger partial charge is 0.465 e. The van der Waals surface area contributed by atoms with Crippen LogP contribution in [0.5, 0.6) is 0 Å². The SMILES string of the molecule is COC(=O)c1cc(I)ccc1NC(=O)[C@@H]1CCCN1C(=O)c1cc(I)ccc1NC(=O)[C@@H]1CCCN1C(=O)OC(C)(C)C. The van der Waals surface area contributed by atoms with Crippen LogP contribution in [0.3, 0.4) is 0 Å². The van der Waals surface area contributed by atoms with Crippen LogP contribution >= 0.6 is 45.2 Å². The van der Waals surface area contributed by atoms with Crippen LogP contribution in [0, 0.1) is 7.14 Å². The maximum absolute atomic E-state index is 13.9. The van der Waals surface area contributed by atoms with E-state index < -0.39 is 47.5 Å². The zero-order chi connectivity index (χ0) is 31.5. The van der Waals surface area contributed by atoms with Crippen LogP contribution in [0.1, 0.15) is 67.2 Å². The standard InChI is InChI=1S/C30H34I2N4O7/c1-30(2,3)43-29(41)36-14-6-8-24(36)26(38)33-21-11-9-17(31)15-19(21)27(39)35-13-5-7-23(35)25(37)34-22-12-10-18(32)16-20(22)28(40)42-4/h9-12,15-16,23-24H,5-8,13-14H2,1-4H3,(H,33,38)(H,34,37)/t23-,24-/m0/s1. The van der Waals surface area contributed by atoms with Gasteiger partial charge in [-0.2, -0.15) is 0 Å². The summed E-state index contributed by atoms with van der Waals surface area (Å²) in [5.41, 5.74) is 0.350. The minimum Gasteiger partial charge on any atom is -0.465 e. The lowest BCUT2D eigenvalue weighted by Crippen LogP contribution is -2.46. The van der Waals surface area contributed by atoms with E-state index in [0.29, 0.717) is 50.1 Å². The van der Waals surface area contributed by atoms with Gasteiger partial charge in [-0.1, -0.05) is 0 Å². The van der Waals surface area contributed by atoms with Gasteiger partial charge in [0.25, 0.3) is 5.91 Å². The van der Waals surface area contributed by atoms with Crippen molar-refractivity contribution in [3.8, 4) is 0 Å². The molecule has 43 heavy (non-hydrogen) atoms. The second-order valence-electron chi connectivity index (χ2n) is 11.3. The lowest BCUT2D eigenvalue weighted by atomic mass is 10.1. The van der Waals surface area contributed by atoms with Gasteiger partial charge in [0, 0.05) is 20.2 Å². The summed E-state index contributed by atoms with van der Waals surface area (Å²) in [5, 5.41) is 5.66. The summed E-state index contributed by atoms with van der Waals surface area (Å²) < 4.78 is 11.9. The molecule has 4 amide bonds. The van der Waals surface area contributed by atoms with Crippen LogP contribution < -0.4 is 10.6 Å². The third kappa shape index (κ3) is 7.96. The fourth-order valence-electron chi connectivity index (χ4n) is 5.15. The molecule has 11 nitrogen and oxygen atoms in total. The van der Waals surface area contributed by atoms with Crippen molar-refractivity contribution in [1.82, 2.24) is 9.80 Å². The van der Waals surface area contributed by atoms with Crippen LogP contribution in [0.15, 0.2) is 36.4 Å². The minimum absolute atomic E-state index is 0.216. The third-order valence-electron chi connectivity index (χ3n) is 7.11. The van der Waals surface area contributed by atoms with E-state index in [4.69, 9.17) is 9.47 Å². The number of methoxy groups -OCH3 is 1. The second-order valence-corrected chi connectivity index (χ2v) is 13.8. The Hall–Kier alpha value is -2.95. The molecule has 0 aliphatic carbocycles. The average Bonchev–Trinajstić information content (AvgIpc) is 3.64. The van der Waals surface area contributed by atoms with Crippen LogP contribution in [-0.2, 0) is 19.1 Å². The molecular formula is C30H34I2N4O7. The van der Waals surface area contributed by atoms with Gasteiger partial charge in [-0.05, 0) is 128 Å². The Morgan fingerprint density at radius 2 is 1.28 bits per heavy atom. The first kappa shape index (κ1) is 33.0. The summed E-state index contributed by atoms with van der Waals surface area (Å²) in [5.74, 6) is -1.83. The van der Waals surface area contributed by atoms with Gasteiger partial charge >= 0.3 is 12.1 Å². The monoisotopic (exact) mass is 816 g/mol. The molecule has 4 rings (SSSR count). The lowest BCUT2D eigenvalue weighted by Gasteiger charge is -2.28. The Balaban J connectivity index is 1.53. The highest BCUT2D eigenvalue weighted by atomic mass is 127. The number of halogens is 2. The van der Waals surface area contributed by atoms with Crippen molar-refractivity contribution in [1.29, 1.82) is 0 Å². The molecule has 0 bridgehead atoms. The maximum atomic E-state index is 13.9. The van der Waals surface area contributed by atoms with E-state index in [9.17, 15) is 24.0 Å². The number of nitrogens with zero attached hydrogens (tertiary/aromatic N) is 2. The molecule has 0 radical (unpaired) electrons. The van der Waals surface area contributed by atoms with E-state index in [1.165, 1.54) is 16.9 Å². The van der Waals surface area contributed by atoms with Gasteiger partial charge in [0.05, 0.1) is 29.6 Å². The number of anilines is 2. The summed E-state index contributed by atoms with van der Waals surface area (Å²) in [4.78, 5) is 68.7. The number of nitrogens with one attached hydrogen (secondary N) is 2. The first-order valence-corrected chi connectivity index (χ1v) is 16.0. The Labute approximate surface area is 277 Å². The van der Waals surface area contributed by atoms with Crippen LogP contribution in [-0.4, -0.2) is 77.5 Å². The second kappa shape index (κ2) is 13.8. The molecule has 2 atom stereocenters. The zero-order valence-electron chi connectivity index (χ0n) is 24.4. The predicted molar refractivity (Wildman–Crippen MR) is 177 cm³/mol. The number of benzene rings is 2. The van der Waals surface area contributed by atoms with E-state index >= 15 is 0 Å². The van der Waals surface area contributed by atoms with Gasteiger partial charge in [0.1, 0.15) is 17.7 Å². The van der Waals surface area contributed by atoms with Crippen molar-refractivity contribution in [2.45, 2.75) is 64.1 Å². The Morgan fingerprint density at radius 1 is 0.791 bits per heavy atom. The van der Waals surface area contributed by atoms with E-state index in [1.807, 2.05) is 0 Å². The van der Waals surface area contributed by atoms with Gasteiger partial charge in [0.2, 0.25) is 11.8 Å². The van der Waals surface area contributed by atoms with Crippen molar-refractivity contribution < 1.29 is 33.4 Å². The first-order valence-electron chi connectivity index (χ1n) is 13.9. The quantitative estimate of drug-likeness (QED) is 0.300. The molecule has 2 aliphatic heterocycles. The Bertz CT molecular complexity index is 1440. The molecule has 2 heterocycles. The molecule has 0 saturated carbocycles. The number of likely N-dealkylation sites (tertiary alicyclic amines) is 2. The molecule has 13 heteroatoms. The number of ether oxygens (including phenoxy) is 2. The van der Waals surface area contributed by atoms with Gasteiger partial charge in [-0.3, -0.25) is 19.3 Å². The van der Waals surface area contributed by atoms with E-state index in [2.05, 4.69) is 55.8 Å². The van der Waals surface area contributed by atoms with Crippen molar-refractivity contribution in [2.75, 3.05) is 30.8 Å². The summed E-state index contributed by atoms with van der Waals surface area (Å²) >= 11 is 4.16. The molecule has 0 unspecified atom stereocenters. The number of carbonyl (C=O) groups is 5. The van der Waals surface area contributed by atoms with Gasteiger partial charge in [-0.25, -0.2) is 9.59 Å². The van der Waals surface area contributed by atoms with Crippen LogP contribution in [0.25, 0.3) is 0 Å². The highest BCUT2D eigenvalue weighted by Crippen LogP contribution is 2.29. The molecule has 2 saturated heterocycles. The van der Waals surface area contributed by atoms with Gasteiger partial charge < -0.3 is 25.0 Å². The Kier molecular flexibility index (Phi) is 10.6. The molecule has 230 valence electrons. The first-order chi connectivity index (χ1) is 20.3. The van der Waals surface area contributed by atoms with E-state index in [0.717, 1.165) is 7.14 Å². The lowest BCUT2D eigenvalue weighted by molar-refractivity contribution is -0.120. The number of carbonyl (C=O) groups excluding carboxylic acids is 5. The molecule has 2 aromatic rings. The number of hydrogen-bond donors (Lipinski definition) is 2. The topological polar surface area (TPSA) is 134 Å². The van der Waals surface area contributed by atoms with Crippen LogP contribution in [0.2, 0.25) is 0 Å². The fourth-order valence-corrected chi connectivity index (χ4v) is 6.14. The van der Waals surface area contributed by atoms with E-state index in [1.54, 1.807) is 57.2 Å². The number of hydrogen-bond acceptors (Lipinski definition) is 7. The average molecular weight is 816 g/mol. The number of esters is 1.